The number of H-pyrrole nitrogens is 1. The fourth-order valence-corrected chi connectivity index (χ4v) is 5.33. The minimum Gasteiger partial charge on any atom is -0.395 e. The predicted octanol–water partition coefficient (Wildman–Crippen LogP) is 4.49. The van der Waals surface area contributed by atoms with Gasteiger partial charge in [-0.25, -0.2) is 4.98 Å². The van der Waals surface area contributed by atoms with Gasteiger partial charge in [-0.05, 0) is 41.3 Å². The molecule has 2 aromatic heterocycles. The number of aliphatic hydroxyl groups excluding tert-OH is 1. The monoisotopic (exact) mass is 567 g/mol. The lowest BCUT2D eigenvalue weighted by molar-refractivity contribution is -0.150. The first-order chi connectivity index (χ1) is 19.6. The molecule has 1 saturated heterocycles. The number of hydrogen-bond acceptors (Lipinski definition) is 6. The third kappa shape index (κ3) is 5.91. The number of amides is 1. The molecule has 0 spiro atoms. The average molecular weight is 568 g/mol. The second-order valence-corrected chi connectivity index (χ2v) is 10.6. The number of fused-ring (bicyclic) bond motifs is 3. The molecule has 216 valence electrons. The third-order valence-corrected chi connectivity index (χ3v) is 7.57. The van der Waals surface area contributed by atoms with Crippen molar-refractivity contribution in [1.29, 1.82) is 0 Å². The quantitative estimate of drug-likeness (QED) is 0.285. The summed E-state index contributed by atoms with van der Waals surface area (Å²) in [5, 5.41) is 12.9. The van der Waals surface area contributed by atoms with E-state index in [0.29, 0.717) is 49.1 Å². The molecule has 1 aliphatic heterocycles. The molecule has 11 heteroatoms. The summed E-state index contributed by atoms with van der Waals surface area (Å²) < 4.78 is 41.4. The Morgan fingerprint density at radius 1 is 1.02 bits per heavy atom. The summed E-state index contributed by atoms with van der Waals surface area (Å²) in [6, 6.07) is 12.1. The number of aliphatic hydroxyl groups is 1. The molecule has 1 amide bonds. The minimum atomic E-state index is -4.49. The van der Waals surface area contributed by atoms with E-state index in [-0.39, 0.29) is 34.8 Å². The number of halogens is 3. The van der Waals surface area contributed by atoms with Crippen LogP contribution in [0.4, 0.5) is 19.0 Å². The fourth-order valence-electron chi connectivity index (χ4n) is 5.33. The number of carbonyl (C=O) groups is 1. The molecular formula is C30H32F3N5O3. The number of anilines is 1. The summed E-state index contributed by atoms with van der Waals surface area (Å²) in [6.07, 6.45) is -3.07. The molecule has 0 bridgehead atoms. The van der Waals surface area contributed by atoms with E-state index in [9.17, 15) is 22.8 Å². The van der Waals surface area contributed by atoms with E-state index in [2.05, 4.69) is 20.2 Å². The highest BCUT2D eigenvalue weighted by Crippen LogP contribution is 2.35. The van der Waals surface area contributed by atoms with E-state index >= 15 is 0 Å². The number of nitrogens with zero attached hydrogens (tertiary/aromatic N) is 3. The molecule has 1 aliphatic rings. The van der Waals surface area contributed by atoms with Crippen LogP contribution in [-0.2, 0) is 0 Å². The lowest BCUT2D eigenvalue weighted by atomic mass is 9.98. The number of hydrogen-bond donors (Lipinski definition) is 3. The van der Waals surface area contributed by atoms with Gasteiger partial charge in [-0.2, -0.15) is 13.2 Å². The maximum absolute atomic E-state index is 13.8. The van der Waals surface area contributed by atoms with Crippen LogP contribution in [0.15, 0.2) is 59.5 Å². The van der Waals surface area contributed by atoms with E-state index < -0.39 is 18.1 Å². The zero-order valence-electron chi connectivity index (χ0n) is 22.8. The van der Waals surface area contributed by atoms with E-state index in [1.165, 1.54) is 20.0 Å². The fraction of sp³-hybridized carbons (Fsp3) is 0.367. The molecule has 0 radical (unpaired) electrons. The Morgan fingerprint density at radius 2 is 1.71 bits per heavy atom. The minimum absolute atomic E-state index is 0.0562. The van der Waals surface area contributed by atoms with Gasteiger partial charge in [-0.1, -0.05) is 38.1 Å². The van der Waals surface area contributed by atoms with Crippen molar-refractivity contribution in [2.24, 2.45) is 5.92 Å². The van der Waals surface area contributed by atoms with Gasteiger partial charge in [0.2, 0.25) is 0 Å². The number of pyridine rings is 2. The Kier molecular flexibility index (Phi) is 8.01. The van der Waals surface area contributed by atoms with Gasteiger partial charge in [0.05, 0.1) is 17.5 Å². The molecule has 8 nitrogen and oxygen atoms in total. The van der Waals surface area contributed by atoms with Crippen molar-refractivity contribution >= 4 is 33.4 Å². The Bertz CT molecular complexity index is 1610. The van der Waals surface area contributed by atoms with E-state index in [1.807, 2.05) is 12.1 Å². The lowest BCUT2D eigenvalue weighted by Gasteiger charge is -2.34. The highest BCUT2D eigenvalue weighted by molar-refractivity contribution is 6.11. The second-order valence-electron chi connectivity index (χ2n) is 10.6. The highest BCUT2D eigenvalue weighted by Gasteiger charge is 2.42. The third-order valence-electron chi connectivity index (χ3n) is 7.57. The zero-order valence-corrected chi connectivity index (χ0v) is 22.8. The van der Waals surface area contributed by atoms with Crippen LogP contribution in [0.2, 0.25) is 0 Å². The van der Waals surface area contributed by atoms with Gasteiger partial charge in [0.25, 0.3) is 11.5 Å². The van der Waals surface area contributed by atoms with Gasteiger partial charge < -0.3 is 20.3 Å². The summed E-state index contributed by atoms with van der Waals surface area (Å²) in [6.45, 7) is 6.26. The molecule has 0 unspecified atom stereocenters. The van der Waals surface area contributed by atoms with E-state index in [4.69, 9.17) is 5.11 Å². The summed E-state index contributed by atoms with van der Waals surface area (Å²) in [4.78, 5) is 36.8. The second kappa shape index (κ2) is 11.5. The molecule has 0 saturated carbocycles. The van der Waals surface area contributed by atoms with Gasteiger partial charge in [-0.3, -0.25) is 14.5 Å². The van der Waals surface area contributed by atoms with Gasteiger partial charge >= 0.3 is 6.18 Å². The molecule has 5 rings (SSSR count). The van der Waals surface area contributed by atoms with Crippen molar-refractivity contribution in [1.82, 2.24) is 19.8 Å². The maximum atomic E-state index is 13.8. The number of alkyl halides is 3. The molecule has 3 N–H and O–H groups in total. The molecule has 4 aromatic rings. The Balaban J connectivity index is 1.49. The van der Waals surface area contributed by atoms with Crippen LogP contribution in [0.3, 0.4) is 0 Å². The Labute approximate surface area is 234 Å². The Morgan fingerprint density at radius 3 is 2.34 bits per heavy atom. The van der Waals surface area contributed by atoms with Crippen LogP contribution in [0.5, 0.6) is 0 Å². The summed E-state index contributed by atoms with van der Waals surface area (Å²) in [5.74, 6) is -0.755. The number of carbonyl (C=O) groups excluding carboxylic acids is 1. The molecule has 2 aromatic carbocycles. The van der Waals surface area contributed by atoms with Crippen LogP contribution in [0.1, 0.15) is 24.2 Å². The van der Waals surface area contributed by atoms with Gasteiger partial charge in [0.1, 0.15) is 11.9 Å². The summed E-state index contributed by atoms with van der Waals surface area (Å²) >= 11 is 0. The first-order valence-electron chi connectivity index (χ1n) is 13.6. The first-order valence-corrected chi connectivity index (χ1v) is 13.6. The summed E-state index contributed by atoms with van der Waals surface area (Å²) in [7, 11) is 0. The van der Waals surface area contributed by atoms with Crippen LogP contribution in [-0.4, -0.2) is 82.3 Å². The normalized spacial score (nSPS) is 15.5. The first kappa shape index (κ1) is 28.6. The molecule has 1 fully saturated rings. The van der Waals surface area contributed by atoms with Crippen LogP contribution >= 0.6 is 0 Å². The topological polar surface area (TPSA) is 102 Å². The molecule has 1 atom stereocenters. The van der Waals surface area contributed by atoms with Crippen LogP contribution in [0.25, 0.3) is 32.8 Å². The van der Waals surface area contributed by atoms with Crippen molar-refractivity contribution in [3.63, 3.8) is 0 Å². The van der Waals surface area contributed by atoms with Crippen LogP contribution in [0, 0.1) is 5.92 Å². The standard InChI is InChI=1S/C30H32F3N5O3/c1-18(2)26(30(31,32)33)36-27-22-8-7-21(17-23(22)25-24(35-27)9-10-34-28(25)40)19-3-5-20(6-4-19)29(41)38-13-11-37(12-14-38)15-16-39/h3-10,17-18,26,39H,11-16H2,1-2H3,(H,34,40)(H,35,36)/t26-/m1/s1. The molecular weight excluding hydrogens is 535 g/mol. The average Bonchev–Trinajstić information content (AvgIpc) is 2.95. The van der Waals surface area contributed by atoms with Crippen molar-refractivity contribution in [2.75, 3.05) is 44.6 Å². The van der Waals surface area contributed by atoms with Crippen molar-refractivity contribution in [2.45, 2.75) is 26.1 Å². The number of β-amino-alcohol motifs (C(OH)–C–C–N with tert-alkyl or cyclic N) is 1. The van der Waals surface area contributed by atoms with Gasteiger partial charge in [0.15, 0.2) is 0 Å². The van der Waals surface area contributed by atoms with E-state index in [0.717, 1.165) is 11.1 Å². The van der Waals surface area contributed by atoms with Crippen molar-refractivity contribution in [3.8, 4) is 11.1 Å². The highest BCUT2D eigenvalue weighted by atomic mass is 19.4. The maximum Gasteiger partial charge on any atom is 0.408 e. The van der Waals surface area contributed by atoms with Crippen molar-refractivity contribution in [3.05, 3.63) is 70.6 Å². The number of rotatable bonds is 7. The zero-order chi connectivity index (χ0) is 29.3. The number of nitrogens with one attached hydrogen (secondary N) is 2. The van der Waals surface area contributed by atoms with E-state index in [1.54, 1.807) is 41.3 Å². The largest absolute Gasteiger partial charge is 0.408 e. The number of aromatic amines is 1. The van der Waals surface area contributed by atoms with Crippen LogP contribution < -0.4 is 10.9 Å². The van der Waals surface area contributed by atoms with Gasteiger partial charge in [0, 0.05) is 55.3 Å². The Hall–Kier alpha value is -3.96. The van der Waals surface area contributed by atoms with Crippen molar-refractivity contribution < 1.29 is 23.1 Å². The predicted molar refractivity (Wildman–Crippen MR) is 153 cm³/mol. The molecule has 41 heavy (non-hydrogen) atoms. The van der Waals surface area contributed by atoms with Gasteiger partial charge in [-0.15, -0.1) is 0 Å². The molecule has 0 aliphatic carbocycles. The molecule has 3 heterocycles. The number of aromatic nitrogens is 2. The number of piperazine rings is 1. The smallest absolute Gasteiger partial charge is 0.395 e. The summed E-state index contributed by atoms with van der Waals surface area (Å²) in [5.41, 5.74) is 1.98. The SMILES string of the molecule is CC(C)[C@@H](Nc1nc2cc[nH]c(=O)c2c2cc(-c3ccc(C(=O)N4CCN(CCO)CC4)cc3)ccc12)C(F)(F)F. The number of benzene rings is 2. The lowest BCUT2D eigenvalue weighted by Crippen LogP contribution is -2.49.